The molecule has 1 atom stereocenters. The highest BCUT2D eigenvalue weighted by molar-refractivity contribution is 6.30. The van der Waals surface area contributed by atoms with Crippen LogP contribution in [0.3, 0.4) is 0 Å². The van der Waals surface area contributed by atoms with Crippen LogP contribution in [0.5, 0.6) is 5.75 Å². The molecule has 0 aliphatic heterocycles. The average molecular weight is 402 g/mol. The average Bonchev–Trinajstić information content (AvgIpc) is 3.14. The molecule has 2 aromatic heterocycles. The molecule has 9 nitrogen and oxygen atoms in total. The lowest BCUT2D eigenvalue weighted by atomic mass is 10.1. The maximum atomic E-state index is 12.3. The molecule has 0 fully saturated rings. The molecule has 0 aliphatic rings. The van der Waals surface area contributed by atoms with Crippen LogP contribution < -0.4 is 21.5 Å². The van der Waals surface area contributed by atoms with Gasteiger partial charge in [-0.3, -0.25) is 9.48 Å². The second-order valence-electron chi connectivity index (χ2n) is 6.08. The number of hydrogen-bond acceptors (Lipinski definition) is 7. The molecule has 10 heteroatoms. The lowest BCUT2D eigenvalue weighted by molar-refractivity contribution is 0.102. The summed E-state index contributed by atoms with van der Waals surface area (Å²) in [4.78, 5) is 19.9. The van der Waals surface area contributed by atoms with Crippen LogP contribution in [0, 0.1) is 0 Å². The number of ether oxygens (including phenoxy) is 1. The number of hydrogen-bond donors (Lipinski definition) is 3. The normalized spacial score (nSPS) is 11.8. The van der Waals surface area contributed by atoms with Crippen LogP contribution in [-0.4, -0.2) is 39.3 Å². The minimum absolute atomic E-state index is 0.106. The van der Waals surface area contributed by atoms with E-state index in [9.17, 15) is 4.79 Å². The van der Waals surface area contributed by atoms with Crippen LogP contribution >= 0.6 is 11.6 Å². The highest BCUT2D eigenvalue weighted by Gasteiger charge is 2.16. The molecule has 0 aliphatic carbocycles. The monoisotopic (exact) mass is 401 g/mol. The minimum Gasteiger partial charge on any atom is -0.497 e. The Morgan fingerprint density at radius 2 is 2.18 bits per heavy atom. The molecular formula is C18H20ClN7O2. The third-order valence-electron chi connectivity index (χ3n) is 4.13. The maximum absolute atomic E-state index is 12.3. The number of amides is 1. The van der Waals surface area contributed by atoms with E-state index in [4.69, 9.17) is 27.8 Å². The van der Waals surface area contributed by atoms with E-state index in [1.54, 1.807) is 30.3 Å². The number of halogens is 1. The van der Waals surface area contributed by atoms with Gasteiger partial charge in [0.05, 0.1) is 25.0 Å². The van der Waals surface area contributed by atoms with Crippen LogP contribution in [-0.2, 0) is 6.42 Å². The summed E-state index contributed by atoms with van der Waals surface area (Å²) >= 11 is 6.13. The zero-order valence-corrected chi connectivity index (χ0v) is 15.9. The number of nitrogens with two attached hydrogens (primary N) is 2. The van der Waals surface area contributed by atoms with Gasteiger partial charge in [-0.2, -0.15) is 5.10 Å². The third kappa shape index (κ3) is 4.56. The minimum atomic E-state index is -0.415. The molecular weight excluding hydrogens is 382 g/mol. The number of methoxy groups -OCH3 is 1. The second kappa shape index (κ2) is 8.68. The lowest BCUT2D eigenvalue weighted by Gasteiger charge is -2.16. The van der Waals surface area contributed by atoms with Crippen LogP contribution in [0.2, 0.25) is 5.02 Å². The number of nitrogens with zero attached hydrogens (tertiary/aromatic N) is 4. The van der Waals surface area contributed by atoms with Gasteiger partial charge >= 0.3 is 0 Å². The first-order valence-corrected chi connectivity index (χ1v) is 8.82. The molecule has 1 unspecified atom stereocenters. The van der Waals surface area contributed by atoms with Gasteiger partial charge < -0.3 is 21.5 Å². The Labute approximate surface area is 166 Å². The van der Waals surface area contributed by atoms with Crippen molar-refractivity contribution in [3.05, 3.63) is 59.3 Å². The van der Waals surface area contributed by atoms with Crippen LogP contribution in [0.25, 0.3) is 0 Å². The Bertz CT molecular complexity index is 976. The van der Waals surface area contributed by atoms with Crippen molar-refractivity contribution >= 4 is 29.0 Å². The smallest absolute Gasteiger partial charge is 0.261 e. The van der Waals surface area contributed by atoms with E-state index in [-0.39, 0.29) is 17.4 Å². The number of benzene rings is 1. The van der Waals surface area contributed by atoms with Crippen molar-refractivity contribution in [2.75, 3.05) is 24.7 Å². The summed E-state index contributed by atoms with van der Waals surface area (Å²) in [6.07, 6.45) is 6.48. The maximum Gasteiger partial charge on any atom is 0.261 e. The molecule has 5 N–H and O–H groups in total. The number of nitrogen functional groups attached to an aromatic ring is 1. The van der Waals surface area contributed by atoms with Crippen LogP contribution in [0.4, 0.5) is 11.5 Å². The van der Waals surface area contributed by atoms with Crippen molar-refractivity contribution in [1.82, 2.24) is 19.7 Å². The number of carbonyl (C=O) groups is 1. The zero-order chi connectivity index (χ0) is 20.1. The van der Waals surface area contributed by atoms with E-state index in [1.165, 1.54) is 12.5 Å². The Balaban J connectivity index is 1.73. The molecule has 2 heterocycles. The fourth-order valence-electron chi connectivity index (χ4n) is 2.73. The predicted molar refractivity (Wildman–Crippen MR) is 106 cm³/mol. The van der Waals surface area contributed by atoms with E-state index in [0.717, 1.165) is 5.56 Å². The largest absolute Gasteiger partial charge is 0.497 e. The first-order valence-electron chi connectivity index (χ1n) is 8.44. The molecule has 0 saturated carbocycles. The molecule has 146 valence electrons. The lowest BCUT2D eigenvalue weighted by Crippen LogP contribution is -2.22. The first-order chi connectivity index (χ1) is 13.5. The number of rotatable bonds is 7. The van der Waals surface area contributed by atoms with Crippen molar-refractivity contribution in [1.29, 1.82) is 0 Å². The predicted octanol–water partition coefficient (Wildman–Crippen LogP) is 1.91. The van der Waals surface area contributed by atoms with Crippen molar-refractivity contribution in [3.8, 4) is 5.75 Å². The van der Waals surface area contributed by atoms with Gasteiger partial charge in [-0.05, 0) is 30.2 Å². The third-order valence-corrected chi connectivity index (χ3v) is 4.35. The summed E-state index contributed by atoms with van der Waals surface area (Å²) in [5.74, 6) is 0.366. The first kappa shape index (κ1) is 19.6. The Morgan fingerprint density at radius 1 is 1.36 bits per heavy atom. The van der Waals surface area contributed by atoms with Gasteiger partial charge in [0.1, 0.15) is 23.5 Å². The van der Waals surface area contributed by atoms with Gasteiger partial charge in [-0.15, -0.1) is 0 Å². The SMILES string of the molecule is COc1cc(Cl)cc(CC(CN)n2cc(NC(=O)c3cncnc3N)cn2)c1. The van der Waals surface area contributed by atoms with Crippen molar-refractivity contribution in [2.24, 2.45) is 5.73 Å². The van der Waals surface area contributed by atoms with Gasteiger partial charge in [-0.25, -0.2) is 9.97 Å². The summed E-state index contributed by atoms with van der Waals surface area (Å²) in [6, 6.07) is 5.37. The fraction of sp³-hybridized carbons (Fsp3) is 0.222. The second-order valence-corrected chi connectivity index (χ2v) is 6.51. The van der Waals surface area contributed by atoms with E-state index >= 15 is 0 Å². The van der Waals surface area contributed by atoms with Gasteiger partial charge in [0.25, 0.3) is 5.91 Å². The topological polar surface area (TPSA) is 134 Å². The molecule has 1 aromatic carbocycles. The number of aromatic nitrogens is 4. The van der Waals surface area contributed by atoms with Crippen molar-refractivity contribution in [2.45, 2.75) is 12.5 Å². The van der Waals surface area contributed by atoms with E-state index in [0.29, 0.717) is 29.4 Å². The Kier molecular flexibility index (Phi) is 6.07. The summed E-state index contributed by atoms with van der Waals surface area (Å²) in [6.45, 7) is 0.351. The van der Waals surface area contributed by atoms with Gasteiger partial charge in [0.15, 0.2) is 0 Å². The zero-order valence-electron chi connectivity index (χ0n) is 15.2. The van der Waals surface area contributed by atoms with Crippen LogP contribution in [0.15, 0.2) is 43.1 Å². The quantitative estimate of drug-likeness (QED) is 0.550. The fourth-order valence-corrected chi connectivity index (χ4v) is 2.98. The molecule has 0 spiro atoms. The highest BCUT2D eigenvalue weighted by Crippen LogP contribution is 2.24. The summed E-state index contributed by atoms with van der Waals surface area (Å²) in [5.41, 5.74) is 13.3. The van der Waals surface area contributed by atoms with E-state index in [2.05, 4.69) is 20.4 Å². The molecule has 3 aromatic rings. The van der Waals surface area contributed by atoms with E-state index < -0.39 is 5.91 Å². The van der Waals surface area contributed by atoms with Crippen molar-refractivity contribution in [3.63, 3.8) is 0 Å². The number of anilines is 2. The van der Waals surface area contributed by atoms with Gasteiger partial charge in [0.2, 0.25) is 0 Å². The number of carbonyl (C=O) groups excluding carboxylic acids is 1. The molecule has 3 rings (SSSR count). The molecule has 0 saturated heterocycles. The Hall–Kier alpha value is -3.17. The van der Waals surface area contributed by atoms with Gasteiger partial charge in [-0.1, -0.05) is 11.6 Å². The Morgan fingerprint density at radius 3 is 2.89 bits per heavy atom. The molecule has 28 heavy (non-hydrogen) atoms. The van der Waals surface area contributed by atoms with Crippen LogP contribution in [0.1, 0.15) is 22.0 Å². The molecule has 0 bridgehead atoms. The van der Waals surface area contributed by atoms with Gasteiger partial charge in [0, 0.05) is 24.0 Å². The summed E-state index contributed by atoms with van der Waals surface area (Å²) < 4.78 is 6.95. The van der Waals surface area contributed by atoms with Crippen molar-refractivity contribution < 1.29 is 9.53 Å². The summed E-state index contributed by atoms with van der Waals surface area (Å²) in [5, 5.41) is 7.62. The highest BCUT2D eigenvalue weighted by atomic mass is 35.5. The molecule has 0 radical (unpaired) electrons. The standard InChI is InChI=1S/C18H20ClN7O2/c1-28-15-4-11(2-12(19)5-15)3-14(6-20)26-9-13(7-24-26)25-18(27)16-8-22-10-23-17(16)21/h2,4-5,7-10,14H,3,6,20H2,1H3,(H,25,27)(H2,21,22,23). The molecule has 1 amide bonds. The van der Waals surface area contributed by atoms with E-state index in [1.807, 2.05) is 12.1 Å². The summed E-state index contributed by atoms with van der Waals surface area (Å²) in [7, 11) is 1.59. The number of nitrogens with one attached hydrogen (secondary N) is 1.